The monoisotopic (exact) mass is 271 g/mol. The molecule has 1 unspecified atom stereocenters. The highest BCUT2D eigenvalue weighted by Gasteiger charge is 2.56. The number of nitrogens with zero attached hydrogens (tertiary/aromatic N) is 1. The number of aldehydes is 1. The molecule has 5 heteroatoms. The van der Waals surface area contributed by atoms with Crippen molar-refractivity contribution in [2.24, 2.45) is 5.41 Å². The number of rotatable bonds is 4. The number of hydrogen-bond donors (Lipinski definition) is 0. The van der Waals surface area contributed by atoms with Crippen LogP contribution < -0.4 is 0 Å². The Morgan fingerprint density at radius 3 is 2.16 bits per heavy atom. The fourth-order valence-electron chi connectivity index (χ4n) is 2.28. The Labute approximate surface area is 115 Å². The predicted octanol–water partition coefficient (Wildman–Crippen LogP) is 2.24. The van der Waals surface area contributed by atoms with Crippen LogP contribution in [0.1, 0.15) is 41.0 Å². The molecular formula is C14H25NO4. The van der Waals surface area contributed by atoms with Crippen LogP contribution in [0.25, 0.3) is 0 Å². The lowest BCUT2D eigenvalue weighted by molar-refractivity contribution is -0.184. The molecule has 0 aromatic rings. The lowest BCUT2D eigenvalue weighted by atomic mass is 9.67. The summed E-state index contributed by atoms with van der Waals surface area (Å²) in [6.45, 7) is 10.2. The molecule has 1 fully saturated rings. The Kier molecular flexibility index (Phi) is 4.30. The molecule has 0 bridgehead atoms. The zero-order chi connectivity index (χ0) is 14.9. The van der Waals surface area contributed by atoms with E-state index in [4.69, 9.17) is 9.47 Å². The molecule has 0 radical (unpaired) electrons. The Morgan fingerprint density at radius 2 is 1.89 bits per heavy atom. The van der Waals surface area contributed by atoms with E-state index in [1.165, 1.54) is 4.90 Å². The lowest BCUT2D eigenvalue weighted by Crippen LogP contribution is -2.67. The van der Waals surface area contributed by atoms with Crippen molar-refractivity contribution in [3.05, 3.63) is 0 Å². The second kappa shape index (κ2) is 5.12. The molecule has 1 aliphatic heterocycles. The molecular weight excluding hydrogens is 246 g/mol. The first-order valence-corrected chi connectivity index (χ1v) is 6.63. The van der Waals surface area contributed by atoms with E-state index in [1.807, 2.05) is 6.92 Å². The summed E-state index contributed by atoms with van der Waals surface area (Å²) >= 11 is 0. The van der Waals surface area contributed by atoms with Gasteiger partial charge >= 0.3 is 6.09 Å². The number of carbonyl (C=O) groups excluding carboxylic acids is 2. The lowest BCUT2D eigenvalue weighted by Gasteiger charge is -2.54. The minimum atomic E-state index is -0.914. The van der Waals surface area contributed by atoms with Gasteiger partial charge in [0.05, 0.1) is 13.2 Å². The largest absolute Gasteiger partial charge is 0.444 e. The SMILES string of the molecule is CCC1(C(C)(C=O)N(C)C(=O)OC(C)(C)C)COC1. The molecule has 1 amide bonds. The van der Waals surface area contributed by atoms with Crippen molar-refractivity contribution in [1.29, 1.82) is 0 Å². The molecule has 0 N–H and O–H groups in total. The highest BCUT2D eigenvalue weighted by atomic mass is 16.6. The highest BCUT2D eigenvalue weighted by molar-refractivity contribution is 5.77. The van der Waals surface area contributed by atoms with E-state index in [0.717, 1.165) is 12.7 Å². The minimum Gasteiger partial charge on any atom is -0.444 e. The summed E-state index contributed by atoms with van der Waals surface area (Å²) in [4.78, 5) is 25.2. The normalized spacial score (nSPS) is 20.9. The third kappa shape index (κ3) is 2.76. The predicted molar refractivity (Wildman–Crippen MR) is 72.0 cm³/mol. The molecule has 110 valence electrons. The Balaban J connectivity index is 2.95. The van der Waals surface area contributed by atoms with Gasteiger partial charge in [0.2, 0.25) is 0 Å². The minimum absolute atomic E-state index is 0.319. The summed E-state index contributed by atoms with van der Waals surface area (Å²) in [5.41, 5.74) is -1.81. The standard InChI is InChI=1S/C14H25NO4/c1-7-14(9-18-10-14)13(5,8-16)15(6)11(17)19-12(2,3)4/h8H,7,9-10H2,1-6H3. The van der Waals surface area contributed by atoms with Crippen molar-refractivity contribution >= 4 is 12.4 Å². The van der Waals surface area contributed by atoms with Gasteiger partial charge in [0, 0.05) is 12.5 Å². The van der Waals surface area contributed by atoms with Gasteiger partial charge in [-0.15, -0.1) is 0 Å². The average Bonchev–Trinajstić information content (AvgIpc) is 2.24. The number of ether oxygens (including phenoxy) is 2. The van der Waals surface area contributed by atoms with Gasteiger partial charge in [-0.3, -0.25) is 4.90 Å². The fraction of sp³-hybridized carbons (Fsp3) is 0.857. The molecule has 1 heterocycles. The van der Waals surface area contributed by atoms with Gasteiger partial charge in [0.15, 0.2) is 0 Å². The average molecular weight is 271 g/mol. The summed E-state index contributed by atoms with van der Waals surface area (Å²) in [6, 6.07) is 0. The van der Waals surface area contributed by atoms with Crippen LogP contribution in [0.5, 0.6) is 0 Å². The molecule has 1 atom stereocenters. The topological polar surface area (TPSA) is 55.8 Å². The Morgan fingerprint density at radius 1 is 1.37 bits per heavy atom. The van der Waals surface area contributed by atoms with E-state index < -0.39 is 17.2 Å². The van der Waals surface area contributed by atoms with Crippen molar-refractivity contribution in [2.45, 2.75) is 52.2 Å². The number of amides is 1. The fourth-order valence-corrected chi connectivity index (χ4v) is 2.28. The molecule has 5 nitrogen and oxygen atoms in total. The van der Waals surface area contributed by atoms with Gasteiger partial charge in [0.1, 0.15) is 17.4 Å². The number of carbonyl (C=O) groups is 2. The van der Waals surface area contributed by atoms with Gasteiger partial charge in [0.25, 0.3) is 0 Å². The molecule has 1 saturated heterocycles. The van der Waals surface area contributed by atoms with E-state index in [-0.39, 0.29) is 5.41 Å². The van der Waals surface area contributed by atoms with Crippen molar-refractivity contribution in [3.63, 3.8) is 0 Å². The quantitative estimate of drug-likeness (QED) is 0.736. The summed E-state index contributed by atoms with van der Waals surface area (Å²) in [7, 11) is 1.61. The molecule has 0 aliphatic carbocycles. The van der Waals surface area contributed by atoms with Gasteiger partial charge in [-0.1, -0.05) is 6.92 Å². The van der Waals surface area contributed by atoms with Crippen molar-refractivity contribution < 1.29 is 19.1 Å². The maximum absolute atomic E-state index is 12.2. The summed E-state index contributed by atoms with van der Waals surface area (Å²) < 4.78 is 10.6. The Bertz CT molecular complexity index is 351. The summed E-state index contributed by atoms with van der Waals surface area (Å²) in [6.07, 6.45) is 1.13. The molecule has 0 spiro atoms. The van der Waals surface area contributed by atoms with Crippen LogP contribution in [0, 0.1) is 5.41 Å². The summed E-state index contributed by atoms with van der Waals surface area (Å²) in [5, 5.41) is 0. The van der Waals surface area contributed by atoms with E-state index in [2.05, 4.69) is 0 Å². The van der Waals surface area contributed by atoms with Crippen LogP contribution in [0.15, 0.2) is 0 Å². The van der Waals surface area contributed by atoms with E-state index in [0.29, 0.717) is 13.2 Å². The van der Waals surface area contributed by atoms with Gasteiger partial charge in [-0.05, 0) is 34.1 Å². The molecule has 19 heavy (non-hydrogen) atoms. The van der Waals surface area contributed by atoms with Crippen molar-refractivity contribution in [3.8, 4) is 0 Å². The first-order chi connectivity index (χ1) is 8.62. The van der Waals surface area contributed by atoms with Crippen molar-refractivity contribution in [2.75, 3.05) is 20.3 Å². The Hall–Kier alpha value is -1.10. The number of likely N-dealkylation sites (N-methyl/N-ethyl adjacent to an activating group) is 1. The first kappa shape index (κ1) is 16.0. The second-order valence-corrected chi connectivity index (χ2v) is 6.43. The highest BCUT2D eigenvalue weighted by Crippen LogP contribution is 2.44. The van der Waals surface area contributed by atoms with Crippen LogP contribution in [0.4, 0.5) is 4.79 Å². The second-order valence-electron chi connectivity index (χ2n) is 6.43. The third-order valence-electron chi connectivity index (χ3n) is 4.10. The zero-order valence-electron chi connectivity index (χ0n) is 12.8. The van der Waals surface area contributed by atoms with Crippen LogP contribution in [-0.2, 0) is 14.3 Å². The van der Waals surface area contributed by atoms with Gasteiger partial charge in [-0.2, -0.15) is 0 Å². The zero-order valence-corrected chi connectivity index (χ0v) is 12.8. The van der Waals surface area contributed by atoms with Crippen LogP contribution in [0.2, 0.25) is 0 Å². The van der Waals surface area contributed by atoms with E-state index in [9.17, 15) is 9.59 Å². The third-order valence-corrected chi connectivity index (χ3v) is 4.10. The van der Waals surface area contributed by atoms with E-state index in [1.54, 1.807) is 34.7 Å². The molecule has 0 aromatic carbocycles. The first-order valence-electron chi connectivity index (χ1n) is 6.63. The molecule has 1 aliphatic rings. The molecule has 0 aromatic heterocycles. The van der Waals surface area contributed by atoms with Gasteiger partial charge in [-0.25, -0.2) is 4.79 Å². The molecule has 1 rings (SSSR count). The maximum Gasteiger partial charge on any atom is 0.410 e. The van der Waals surface area contributed by atoms with Crippen molar-refractivity contribution in [1.82, 2.24) is 4.90 Å². The van der Waals surface area contributed by atoms with E-state index >= 15 is 0 Å². The number of hydrogen-bond acceptors (Lipinski definition) is 4. The van der Waals surface area contributed by atoms with Gasteiger partial charge < -0.3 is 14.3 Å². The molecule has 0 saturated carbocycles. The maximum atomic E-state index is 12.2. The van der Waals surface area contributed by atoms with Crippen LogP contribution in [-0.4, -0.2) is 48.7 Å². The van der Waals surface area contributed by atoms with Crippen LogP contribution >= 0.6 is 0 Å². The summed E-state index contributed by atoms with van der Waals surface area (Å²) in [5.74, 6) is 0. The smallest absolute Gasteiger partial charge is 0.410 e. The van der Waals surface area contributed by atoms with Crippen LogP contribution in [0.3, 0.4) is 0 Å².